The number of ether oxygens (including phenoxy) is 1. The zero-order chi connectivity index (χ0) is 21.9. The topological polar surface area (TPSA) is 119 Å². The first-order valence-corrected chi connectivity index (χ1v) is 11.5. The number of halogens is 1. The number of anilines is 1. The van der Waals surface area contributed by atoms with Crippen molar-refractivity contribution in [3.63, 3.8) is 0 Å². The molecule has 0 aliphatic carbocycles. The summed E-state index contributed by atoms with van der Waals surface area (Å²) < 4.78 is 33.2. The SMILES string of the molecule is CCOc1ccc(NC(=O)c2ccc(Br)c([N+](=O)[O-])c2)cc1S(=O)(=O)N1CCCC1. The van der Waals surface area contributed by atoms with E-state index >= 15 is 0 Å². The lowest BCUT2D eigenvalue weighted by Gasteiger charge is -2.19. The van der Waals surface area contributed by atoms with E-state index in [-0.39, 0.29) is 38.7 Å². The van der Waals surface area contributed by atoms with Crippen LogP contribution in [0.25, 0.3) is 0 Å². The van der Waals surface area contributed by atoms with Gasteiger partial charge in [0.05, 0.1) is 16.0 Å². The summed E-state index contributed by atoms with van der Waals surface area (Å²) in [5, 5.41) is 13.7. The number of nitro benzene ring substituents is 1. The van der Waals surface area contributed by atoms with Crippen molar-refractivity contribution >= 4 is 43.2 Å². The second kappa shape index (κ2) is 9.11. The molecule has 0 aromatic heterocycles. The quantitative estimate of drug-likeness (QED) is 0.458. The van der Waals surface area contributed by atoms with E-state index in [1.165, 1.54) is 34.6 Å². The molecule has 1 N–H and O–H groups in total. The van der Waals surface area contributed by atoms with Gasteiger partial charge in [0, 0.05) is 30.4 Å². The lowest BCUT2D eigenvalue weighted by molar-refractivity contribution is -0.385. The van der Waals surface area contributed by atoms with Crippen molar-refractivity contribution in [2.24, 2.45) is 0 Å². The van der Waals surface area contributed by atoms with Gasteiger partial charge in [-0.25, -0.2) is 8.42 Å². The number of sulfonamides is 1. The normalized spacial score (nSPS) is 14.5. The Morgan fingerprint density at radius 2 is 1.93 bits per heavy atom. The predicted molar refractivity (Wildman–Crippen MR) is 114 cm³/mol. The summed E-state index contributed by atoms with van der Waals surface area (Å²) >= 11 is 3.07. The number of nitro groups is 1. The second-order valence-corrected chi connectivity index (χ2v) is 9.34. The van der Waals surface area contributed by atoms with Gasteiger partial charge in [0.2, 0.25) is 10.0 Å². The molecule has 2 aromatic rings. The third-order valence-corrected chi connectivity index (χ3v) is 7.18. The first-order valence-electron chi connectivity index (χ1n) is 9.26. The molecule has 0 atom stereocenters. The molecule has 0 radical (unpaired) electrons. The maximum Gasteiger partial charge on any atom is 0.284 e. The standard InChI is InChI=1S/C19H20BrN3O6S/c1-2-29-17-8-6-14(12-18(17)30(27,28)22-9-3-4-10-22)21-19(24)13-5-7-15(20)16(11-13)23(25)26/h5-8,11-12H,2-4,9-10H2,1H3,(H,21,24). The fraction of sp³-hybridized carbons (Fsp3) is 0.316. The number of hydrogen-bond donors (Lipinski definition) is 1. The van der Waals surface area contributed by atoms with Gasteiger partial charge in [-0.3, -0.25) is 14.9 Å². The molecule has 1 fully saturated rings. The predicted octanol–water partition coefficient (Wildman–Crippen LogP) is 3.79. The van der Waals surface area contributed by atoms with Gasteiger partial charge in [0.1, 0.15) is 10.6 Å². The Morgan fingerprint density at radius 3 is 2.57 bits per heavy atom. The van der Waals surface area contributed by atoms with Gasteiger partial charge >= 0.3 is 0 Å². The smallest absolute Gasteiger partial charge is 0.284 e. The Hall–Kier alpha value is -2.50. The number of nitrogens with one attached hydrogen (secondary N) is 1. The van der Waals surface area contributed by atoms with Crippen molar-refractivity contribution in [3.8, 4) is 5.75 Å². The Kier molecular flexibility index (Phi) is 6.74. The molecule has 2 aromatic carbocycles. The number of hydrogen-bond acceptors (Lipinski definition) is 6. The van der Waals surface area contributed by atoms with E-state index in [1.807, 2.05) is 0 Å². The van der Waals surface area contributed by atoms with Gasteiger partial charge < -0.3 is 10.1 Å². The molecule has 3 rings (SSSR count). The van der Waals surface area contributed by atoms with Crippen LogP contribution < -0.4 is 10.1 Å². The molecule has 9 nitrogen and oxygen atoms in total. The average molecular weight is 498 g/mol. The summed E-state index contributed by atoms with van der Waals surface area (Å²) in [6, 6.07) is 8.36. The Bertz CT molecular complexity index is 1080. The van der Waals surface area contributed by atoms with Crippen molar-refractivity contribution in [2.75, 3.05) is 25.0 Å². The summed E-state index contributed by atoms with van der Waals surface area (Å²) in [7, 11) is -3.78. The van der Waals surface area contributed by atoms with E-state index in [0.29, 0.717) is 13.1 Å². The van der Waals surface area contributed by atoms with Crippen LogP contribution in [-0.2, 0) is 10.0 Å². The Morgan fingerprint density at radius 1 is 1.23 bits per heavy atom. The third-order valence-electron chi connectivity index (χ3n) is 4.59. The van der Waals surface area contributed by atoms with Gasteiger partial charge in [0.25, 0.3) is 11.6 Å². The molecule has 0 unspecified atom stereocenters. The maximum absolute atomic E-state index is 13.0. The van der Waals surface area contributed by atoms with Crippen LogP contribution in [0, 0.1) is 10.1 Å². The Labute approximate surface area is 182 Å². The van der Waals surface area contributed by atoms with Crippen molar-refractivity contribution in [1.82, 2.24) is 4.31 Å². The first-order chi connectivity index (χ1) is 14.2. The van der Waals surface area contributed by atoms with Crippen LogP contribution in [0.5, 0.6) is 5.75 Å². The molecule has 0 spiro atoms. The maximum atomic E-state index is 13.0. The van der Waals surface area contributed by atoms with E-state index in [4.69, 9.17) is 4.74 Å². The highest BCUT2D eigenvalue weighted by atomic mass is 79.9. The molecule has 1 heterocycles. The molecule has 30 heavy (non-hydrogen) atoms. The minimum Gasteiger partial charge on any atom is -0.492 e. The average Bonchev–Trinajstić information content (AvgIpc) is 3.25. The van der Waals surface area contributed by atoms with Gasteiger partial charge in [0.15, 0.2) is 0 Å². The van der Waals surface area contributed by atoms with Crippen LogP contribution in [0.2, 0.25) is 0 Å². The number of amides is 1. The summed E-state index contributed by atoms with van der Waals surface area (Å²) in [5.74, 6) is -0.388. The molecule has 1 amide bonds. The number of rotatable bonds is 7. The summed E-state index contributed by atoms with van der Waals surface area (Å²) in [6.45, 7) is 2.92. The number of benzene rings is 2. The van der Waals surface area contributed by atoms with Gasteiger partial charge in [-0.15, -0.1) is 0 Å². The van der Waals surface area contributed by atoms with Crippen LogP contribution in [0.1, 0.15) is 30.1 Å². The summed E-state index contributed by atoms with van der Waals surface area (Å²) in [6.07, 6.45) is 1.59. The van der Waals surface area contributed by atoms with Crippen molar-refractivity contribution in [2.45, 2.75) is 24.7 Å². The van der Waals surface area contributed by atoms with Crippen LogP contribution in [0.4, 0.5) is 11.4 Å². The molecule has 1 saturated heterocycles. The molecule has 1 aliphatic heterocycles. The molecule has 160 valence electrons. The van der Waals surface area contributed by atoms with E-state index in [0.717, 1.165) is 18.9 Å². The molecule has 11 heteroatoms. The van der Waals surface area contributed by atoms with Crippen molar-refractivity contribution in [1.29, 1.82) is 0 Å². The van der Waals surface area contributed by atoms with Crippen LogP contribution in [0.3, 0.4) is 0 Å². The molecule has 0 saturated carbocycles. The Balaban J connectivity index is 1.93. The lowest BCUT2D eigenvalue weighted by Crippen LogP contribution is -2.28. The van der Waals surface area contributed by atoms with E-state index in [9.17, 15) is 23.3 Å². The number of carbonyl (C=O) groups is 1. The van der Waals surface area contributed by atoms with E-state index in [1.54, 1.807) is 6.92 Å². The van der Waals surface area contributed by atoms with Crippen LogP contribution in [-0.4, -0.2) is 43.2 Å². The summed E-state index contributed by atoms with van der Waals surface area (Å²) in [4.78, 5) is 23.1. The number of nitrogens with zero attached hydrogens (tertiary/aromatic N) is 2. The van der Waals surface area contributed by atoms with E-state index < -0.39 is 20.9 Å². The molecular formula is C19H20BrN3O6S. The van der Waals surface area contributed by atoms with Gasteiger partial charge in [-0.1, -0.05) is 0 Å². The van der Waals surface area contributed by atoms with Crippen LogP contribution >= 0.6 is 15.9 Å². The minimum atomic E-state index is -3.78. The largest absolute Gasteiger partial charge is 0.492 e. The molecule has 1 aliphatic rings. The fourth-order valence-corrected chi connectivity index (χ4v) is 5.19. The van der Waals surface area contributed by atoms with E-state index in [2.05, 4.69) is 21.2 Å². The van der Waals surface area contributed by atoms with Crippen LogP contribution in [0.15, 0.2) is 45.8 Å². The highest BCUT2D eigenvalue weighted by molar-refractivity contribution is 9.10. The highest BCUT2D eigenvalue weighted by Gasteiger charge is 2.30. The van der Waals surface area contributed by atoms with Gasteiger partial charge in [-0.2, -0.15) is 4.31 Å². The van der Waals surface area contributed by atoms with Crippen molar-refractivity contribution in [3.05, 3.63) is 56.5 Å². The number of carbonyl (C=O) groups excluding carboxylic acids is 1. The fourth-order valence-electron chi connectivity index (χ4n) is 3.13. The van der Waals surface area contributed by atoms with Crippen molar-refractivity contribution < 1.29 is 22.9 Å². The lowest BCUT2D eigenvalue weighted by atomic mass is 10.2. The first kappa shape index (κ1) is 22.2. The minimum absolute atomic E-state index is 0.0224. The second-order valence-electron chi connectivity index (χ2n) is 6.58. The molecule has 0 bridgehead atoms. The zero-order valence-corrected chi connectivity index (χ0v) is 18.5. The zero-order valence-electron chi connectivity index (χ0n) is 16.1. The third kappa shape index (κ3) is 4.63. The molecular weight excluding hydrogens is 478 g/mol. The summed E-state index contributed by atoms with van der Waals surface area (Å²) in [5.41, 5.74) is 0.0705. The highest BCUT2D eigenvalue weighted by Crippen LogP contribution is 2.32. The van der Waals surface area contributed by atoms with Gasteiger partial charge in [-0.05, 0) is 66.0 Å². The monoisotopic (exact) mass is 497 g/mol.